The Balaban J connectivity index is 1.67. The van der Waals surface area contributed by atoms with Gasteiger partial charge in [-0.25, -0.2) is 9.78 Å². The third-order valence-electron chi connectivity index (χ3n) is 4.14. The molecule has 24 heavy (non-hydrogen) atoms. The van der Waals surface area contributed by atoms with Gasteiger partial charge in [0.15, 0.2) is 0 Å². The number of carbonyl (C=O) groups is 2. The Labute approximate surface area is 144 Å². The van der Waals surface area contributed by atoms with Crippen LogP contribution in [0.15, 0.2) is 18.2 Å². The summed E-state index contributed by atoms with van der Waals surface area (Å²) in [4.78, 5) is 32.4. The number of nitrogens with zero attached hydrogens (tertiary/aromatic N) is 2. The van der Waals surface area contributed by atoms with Gasteiger partial charge in [-0.3, -0.25) is 4.79 Å². The largest absolute Gasteiger partial charge is 0.481 e. The molecule has 2 amide bonds. The molecule has 1 saturated heterocycles. The first kappa shape index (κ1) is 16.6. The van der Waals surface area contributed by atoms with Crippen LogP contribution in [0.4, 0.5) is 4.79 Å². The van der Waals surface area contributed by atoms with Crippen molar-refractivity contribution in [3.05, 3.63) is 29.0 Å². The van der Waals surface area contributed by atoms with Crippen LogP contribution < -0.4 is 5.32 Å². The molecule has 1 unspecified atom stereocenters. The minimum atomic E-state index is -0.857. The SMILES string of the molecule is O=C(O)CCCNC(=O)N1CCCC1c1nc2ccc(Cl)cc2[nH]1. The van der Waals surface area contributed by atoms with E-state index in [0.717, 1.165) is 29.7 Å². The van der Waals surface area contributed by atoms with Gasteiger partial charge in [0.2, 0.25) is 0 Å². The molecule has 1 aliphatic heterocycles. The molecule has 1 fully saturated rings. The standard InChI is InChI=1S/C16H19ClN4O3/c17-10-5-6-11-12(9-10)20-15(19-11)13-3-2-8-21(13)16(24)18-7-1-4-14(22)23/h5-6,9,13H,1-4,7-8H2,(H,18,24)(H,19,20)(H,22,23). The smallest absolute Gasteiger partial charge is 0.318 e. The summed E-state index contributed by atoms with van der Waals surface area (Å²) >= 11 is 6.00. The molecule has 0 aliphatic carbocycles. The number of fused-ring (bicyclic) bond motifs is 1. The van der Waals surface area contributed by atoms with Gasteiger partial charge in [-0.2, -0.15) is 0 Å². The number of carboxylic acids is 1. The van der Waals surface area contributed by atoms with Crippen LogP contribution >= 0.6 is 11.6 Å². The van der Waals surface area contributed by atoms with Crippen LogP contribution in [0.1, 0.15) is 37.5 Å². The van der Waals surface area contributed by atoms with Crippen LogP contribution in [-0.2, 0) is 4.79 Å². The first-order chi connectivity index (χ1) is 11.5. The number of aromatic amines is 1. The molecular weight excluding hydrogens is 332 g/mol. The second kappa shape index (κ2) is 7.09. The van der Waals surface area contributed by atoms with Crippen molar-refractivity contribution >= 4 is 34.6 Å². The molecule has 1 atom stereocenters. The van der Waals surface area contributed by atoms with Crippen molar-refractivity contribution in [2.45, 2.75) is 31.7 Å². The normalized spacial score (nSPS) is 17.4. The number of hydrogen-bond donors (Lipinski definition) is 3. The minimum Gasteiger partial charge on any atom is -0.481 e. The zero-order valence-corrected chi connectivity index (χ0v) is 13.8. The van der Waals surface area contributed by atoms with Crippen molar-refractivity contribution in [1.82, 2.24) is 20.2 Å². The number of imidazole rings is 1. The molecule has 7 nitrogen and oxygen atoms in total. The summed E-state index contributed by atoms with van der Waals surface area (Å²) in [6.45, 7) is 1.01. The Morgan fingerprint density at radius 2 is 2.29 bits per heavy atom. The number of hydrogen-bond acceptors (Lipinski definition) is 3. The van der Waals surface area contributed by atoms with Crippen LogP contribution in [0.5, 0.6) is 0 Å². The summed E-state index contributed by atoms with van der Waals surface area (Å²) in [6, 6.07) is 5.18. The number of nitrogens with one attached hydrogen (secondary N) is 2. The predicted octanol–water partition coefficient (Wildman–Crippen LogP) is 2.93. The number of likely N-dealkylation sites (tertiary alicyclic amines) is 1. The first-order valence-corrected chi connectivity index (χ1v) is 8.34. The van der Waals surface area contributed by atoms with E-state index in [9.17, 15) is 9.59 Å². The molecule has 1 aromatic heterocycles. The number of benzene rings is 1. The van der Waals surface area contributed by atoms with Crippen molar-refractivity contribution in [2.24, 2.45) is 0 Å². The molecule has 3 rings (SSSR count). The second-order valence-corrected chi connectivity index (χ2v) is 6.30. The highest BCUT2D eigenvalue weighted by molar-refractivity contribution is 6.31. The summed E-state index contributed by atoms with van der Waals surface area (Å²) in [5, 5.41) is 12.0. The van der Waals surface area contributed by atoms with Crippen molar-refractivity contribution < 1.29 is 14.7 Å². The van der Waals surface area contributed by atoms with Gasteiger partial charge < -0.3 is 20.3 Å². The van der Waals surface area contributed by atoms with Crippen LogP contribution in [0.2, 0.25) is 5.02 Å². The number of aromatic nitrogens is 2. The van der Waals surface area contributed by atoms with E-state index in [1.807, 2.05) is 12.1 Å². The Kier molecular flexibility index (Phi) is 4.89. The summed E-state index contributed by atoms with van der Waals surface area (Å²) in [5.74, 6) is -0.102. The fourth-order valence-corrected chi connectivity index (χ4v) is 3.16. The fourth-order valence-electron chi connectivity index (χ4n) is 2.99. The molecule has 0 bridgehead atoms. The summed E-state index contributed by atoms with van der Waals surface area (Å²) in [5.41, 5.74) is 1.68. The number of carboxylic acid groups (broad SMARTS) is 1. The van der Waals surface area contributed by atoms with E-state index in [1.54, 1.807) is 11.0 Å². The molecule has 1 aliphatic rings. The van der Waals surface area contributed by atoms with Crippen LogP contribution in [0, 0.1) is 0 Å². The van der Waals surface area contributed by atoms with Crippen molar-refractivity contribution in [2.75, 3.05) is 13.1 Å². The van der Waals surface area contributed by atoms with Gasteiger partial charge in [-0.15, -0.1) is 0 Å². The number of amides is 2. The van der Waals surface area contributed by atoms with Gasteiger partial charge in [-0.1, -0.05) is 11.6 Å². The van der Waals surface area contributed by atoms with E-state index in [2.05, 4.69) is 15.3 Å². The van der Waals surface area contributed by atoms with E-state index in [4.69, 9.17) is 16.7 Å². The van der Waals surface area contributed by atoms with Gasteiger partial charge in [0, 0.05) is 24.5 Å². The topological polar surface area (TPSA) is 98.3 Å². The number of aliphatic carboxylic acids is 1. The molecule has 0 saturated carbocycles. The van der Waals surface area contributed by atoms with Crippen LogP contribution in [0.3, 0.4) is 0 Å². The number of rotatable bonds is 5. The zero-order valence-electron chi connectivity index (χ0n) is 13.1. The van der Waals surface area contributed by atoms with E-state index < -0.39 is 5.97 Å². The van der Waals surface area contributed by atoms with Gasteiger partial charge in [0.25, 0.3) is 0 Å². The molecule has 3 N–H and O–H groups in total. The molecule has 0 spiro atoms. The highest BCUT2D eigenvalue weighted by atomic mass is 35.5. The van der Waals surface area contributed by atoms with E-state index in [0.29, 0.717) is 24.5 Å². The highest BCUT2D eigenvalue weighted by Gasteiger charge is 2.32. The molecule has 2 heterocycles. The molecule has 0 radical (unpaired) electrons. The lowest BCUT2D eigenvalue weighted by Crippen LogP contribution is -2.40. The van der Waals surface area contributed by atoms with Crippen molar-refractivity contribution in [3.63, 3.8) is 0 Å². The molecule has 2 aromatic rings. The quantitative estimate of drug-likeness (QED) is 0.722. The third-order valence-corrected chi connectivity index (χ3v) is 4.37. The molecule has 8 heteroatoms. The number of carbonyl (C=O) groups excluding carboxylic acids is 1. The summed E-state index contributed by atoms with van der Waals surface area (Å²) in [6.07, 6.45) is 2.22. The lowest BCUT2D eigenvalue weighted by molar-refractivity contribution is -0.137. The number of H-pyrrole nitrogens is 1. The Hall–Kier alpha value is -2.28. The molecule has 1 aromatic carbocycles. The first-order valence-electron chi connectivity index (χ1n) is 7.96. The zero-order chi connectivity index (χ0) is 17.1. The van der Waals surface area contributed by atoms with Crippen LogP contribution in [-0.4, -0.2) is 45.1 Å². The van der Waals surface area contributed by atoms with Gasteiger partial charge in [0.1, 0.15) is 5.82 Å². The number of halogens is 1. The van der Waals surface area contributed by atoms with Crippen LogP contribution in [0.25, 0.3) is 11.0 Å². The Morgan fingerprint density at radius 3 is 3.08 bits per heavy atom. The van der Waals surface area contributed by atoms with Crippen molar-refractivity contribution in [3.8, 4) is 0 Å². The Bertz CT molecular complexity index is 761. The second-order valence-electron chi connectivity index (χ2n) is 5.86. The summed E-state index contributed by atoms with van der Waals surface area (Å²) < 4.78 is 0. The summed E-state index contributed by atoms with van der Waals surface area (Å²) in [7, 11) is 0. The Morgan fingerprint density at radius 1 is 1.46 bits per heavy atom. The van der Waals surface area contributed by atoms with Gasteiger partial charge in [0.05, 0.1) is 17.1 Å². The maximum absolute atomic E-state index is 12.3. The molecule has 128 valence electrons. The van der Waals surface area contributed by atoms with E-state index >= 15 is 0 Å². The highest BCUT2D eigenvalue weighted by Crippen LogP contribution is 2.31. The predicted molar refractivity (Wildman–Crippen MR) is 90.1 cm³/mol. The monoisotopic (exact) mass is 350 g/mol. The minimum absolute atomic E-state index is 0.0496. The maximum Gasteiger partial charge on any atom is 0.318 e. The maximum atomic E-state index is 12.3. The third kappa shape index (κ3) is 3.62. The van der Waals surface area contributed by atoms with Gasteiger partial charge >= 0.3 is 12.0 Å². The van der Waals surface area contributed by atoms with E-state index in [1.165, 1.54) is 0 Å². The molecular formula is C16H19ClN4O3. The van der Waals surface area contributed by atoms with Gasteiger partial charge in [-0.05, 0) is 37.5 Å². The lowest BCUT2D eigenvalue weighted by Gasteiger charge is -2.23. The lowest BCUT2D eigenvalue weighted by atomic mass is 10.2. The van der Waals surface area contributed by atoms with E-state index in [-0.39, 0.29) is 18.5 Å². The average molecular weight is 351 g/mol. The average Bonchev–Trinajstić information content (AvgIpc) is 3.16. The fraction of sp³-hybridized carbons (Fsp3) is 0.438. The van der Waals surface area contributed by atoms with Crippen molar-refractivity contribution in [1.29, 1.82) is 0 Å². The number of urea groups is 1.